The SMILES string of the molecule is O=C(NCc1csc(N2CCOCC2)n1)N1CCC(N2CCCCC2)C1. The van der Waals surface area contributed by atoms with Crippen molar-refractivity contribution in [1.82, 2.24) is 20.1 Å². The summed E-state index contributed by atoms with van der Waals surface area (Å²) < 4.78 is 5.39. The number of nitrogens with zero attached hydrogens (tertiary/aromatic N) is 4. The van der Waals surface area contributed by atoms with E-state index >= 15 is 0 Å². The van der Waals surface area contributed by atoms with Gasteiger partial charge in [0.1, 0.15) is 0 Å². The second-order valence-corrected chi connectivity index (χ2v) is 8.20. The van der Waals surface area contributed by atoms with E-state index in [0.29, 0.717) is 12.6 Å². The number of hydrogen-bond donors (Lipinski definition) is 1. The van der Waals surface area contributed by atoms with Crippen LogP contribution in [0.15, 0.2) is 5.38 Å². The molecule has 0 bridgehead atoms. The lowest BCUT2D eigenvalue weighted by atomic mass is 10.1. The maximum Gasteiger partial charge on any atom is 0.317 e. The van der Waals surface area contributed by atoms with Crippen molar-refractivity contribution in [2.24, 2.45) is 0 Å². The zero-order valence-corrected chi connectivity index (χ0v) is 16.2. The maximum atomic E-state index is 12.5. The van der Waals surface area contributed by atoms with E-state index in [0.717, 1.165) is 56.6 Å². The number of urea groups is 1. The van der Waals surface area contributed by atoms with Crippen LogP contribution in [0, 0.1) is 0 Å². The van der Waals surface area contributed by atoms with Gasteiger partial charge in [0.15, 0.2) is 5.13 Å². The van der Waals surface area contributed by atoms with Crippen LogP contribution in [0.25, 0.3) is 0 Å². The van der Waals surface area contributed by atoms with Crippen molar-refractivity contribution in [1.29, 1.82) is 0 Å². The lowest BCUT2D eigenvalue weighted by molar-refractivity contribution is 0.122. The van der Waals surface area contributed by atoms with E-state index in [1.165, 1.54) is 32.4 Å². The number of anilines is 1. The summed E-state index contributed by atoms with van der Waals surface area (Å²) in [5.74, 6) is 0. The maximum absolute atomic E-state index is 12.5. The number of ether oxygens (including phenoxy) is 1. The summed E-state index contributed by atoms with van der Waals surface area (Å²) in [6.45, 7) is 7.94. The molecule has 2 amide bonds. The molecule has 3 aliphatic rings. The van der Waals surface area contributed by atoms with Gasteiger partial charge in [-0.15, -0.1) is 11.3 Å². The predicted molar refractivity (Wildman–Crippen MR) is 103 cm³/mol. The van der Waals surface area contributed by atoms with Crippen LogP contribution in [0.4, 0.5) is 9.93 Å². The number of rotatable bonds is 4. The molecule has 1 aromatic rings. The summed E-state index contributed by atoms with van der Waals surface area (Å²) in [6, 6.07) is 0.596. The fourth-order valence-corrected chi connectivity index (χ4v) is 4.94. The zero-order valence-electron chi connectivity index (χ0n) is 15.4. The fraction of sp³-hybridized carbons (Fsp3) is 0.778. The Kier molecular flexibility index (Phi) is 5.91. The van der Waals surface area contributed by atoms with E-state index in [2.05, 4.69) is 20.1 Å². The summed E-state index contributed by atoms with van der Waals surface area (Å²) in [4.78, 5) is 24.0. The van der Waals surface area contributed by atoms with Gasteiger partial charge in [-0.25, -0.2) is 9.78 Å². The number of carbonyl (C=O) groups is 1. The molecule has 1 atom stereocenters. The molecule has 0 aliphatic carbocycles. The molecule has 3 aliphatic heterocycles. The van der Waals surface area contributed by atoms with Crippen molar-refractivity contribution < 1.29 is 9.53 Å². The molecule has 0 aromatic carbocycles. The molecule has 3 saturated heterocycles. The summed E-state index contributed by atoms with van der Waals surface area (Å²) in [5, 5.41) is 6.13. The average Bonchev–Trinajstić information content (AvgIpc) is 3.37. The average molecular weight is 380 g/mol. The van der Waals surface area contributed by atoms with Gasteiger partial charge in [-0.2, -0.15) is 0 Å². The molecule has 1 aromatic heterocycles. The van der Waals surface area contributed by atoms with Crippen molar-refractivity contribution >= 4 is 22.5 Å². The summed E-state index contributed by atoms with van der Waals surface area (Å²) in [6.07, 6.45) is 5.06. The number of nitrogens with one attached hydrogen (secondary N) is 1. The first-order valence-electron chi connectivity index (χ1n) is 9.83. The highest BCUT2D eigenvalue weighted by molar-refractivity contribution is 7.13. The molecule has 144 valence electrons. The summed E-state index contributed by atoms with van der Waals surface area (Å²) in [7, 11) is 0. The normalized spacial score (nSPS) is 24.8. The second-order valence-electron chi connectivity index (χ2n) is 7.36. The highest BCUT2D eigenvalue weighted by Gasteiger charge is 2.30. The number of carbonyl (C=O) groups excluding carboxylic acids is 1. The number of hydrogen-bond acceptors (Lipinski definition) is 6. The molecule has 4 rings (SSSR count). The molecule has 7 nitrogen and oxygen atoms in total. The highest BCUT2D eigenvalue weighted by atomic mass is 32.1. The van der Waals surface area contributed by atoms with Crippen LogP contribution in [0.5, 0.6) is 0 Å². The second kappa shape index (κ2) is 8.54. The fourth-order valence-electron chi connectivity index (χ4n) is 4.06. The van der Waals surface area contributed by atoms with Gasteiger partial charge in [-0.3, -0.25) is 4.90 Å². The first kappa shape index (κ1) is 18.0. The molecule has 4 heterocycles. The Balaban J connectivity index is 1.23. The Labute approximate surface area is 159 Å². The quantitative estimate of drug-likeness (QED) is 0.864. The molecule has 26 heavy (non-hydrogen) atoms. The molecule has 1 N–H and O–H groups in total. The van der Waals surface area contributed by atoms with Crippen LogP contribution in [0.2, 0.25) is 0 Å². The largest absolute Gasteiger partial charge is 0.378 e. The van der Waals surface area contributed by atoms with Gasteiger partial charge in [-0.05, 0) is 32.4 Å². The third-order valence-electron chi connectivity index (χ3n) is 5.60. The molecule has 8 heteroatoms. The Hall–Kier alpha value is -1.38. The van der Waals surface area contributed by atoms with E-state index in [-0.39, 0.29) is 6.03 Å². The van der Waals surface area contributed by atoms with E-state index < -0.39 is 0 Å². The van der Waals surface area contributed by atoms with E-state index in [4.69, 9.17) is 4.74 Å². The lowest BCUT2D eigenvalue weighted by Crippen LogP contribution is -2.43. The highest BCUT2D eigenvalue weighted by Crippen LogP contribution is 2.22. The first-order valence-corrected chi connectivity index (χ1v) is 10.7. The van der Waals surface area contributed by atoms with Crippen molar-refractivity contribution in [3.8, 4) is 0 Å². The minimum absolute atomic E-state index is 0.0467. The van der Waals surface area contributed by atoms with Crippen molar-refractivity contribution in [3.63, 3.8) is 0 Å². The molecular formula is C18H29N5O2S. The van der Waals surface area contributed by atoms with Gasteiger partial charge in [0.05, 0.1) is 25.5 Å². The molecule has 0 spiro atoms. The number of morpholine rings is 1. The standard InChI is InChI=1S/C18H29N5O2S/c24-17(23-7-4-16(13-23)21-5-2-1-3-6-21)19-12-15-14-26-18(20-15)22-8-10-25-11-9-22/h14,16H,1-13H2,(H,19,24). The van der Waals surface area contributed by atoms with E-state index in [9.17, 15) is 4.79 Å². The van der Waals surface area contributed by atoms with Crippen LogP contribution < -0.4 is 10.2 Å². The Morgan fingerprint density at radius 2 is 2.00 bits per heavy atom. The minimum atomic E-state index is 0.0467. The number of piperidine rings is 1. The number of amides is 2. The van der Waals surface area contributed by atoms with Gasteiger partial charge in [0, 0.05) is 37.6 Å². The van der Waals surface area contributed by atoms with Crippen molar-refractivity contribution in [2.45, 2.75) is 38.3 Å². The number of aromatic nitrogens is 1. The first-order chi connectivity index (χ1) is 12.8. The third-order valence-corrected chi connectivity index (χ3v) is 6.55. The van der Waals surface area contributed by atoms with Crippen molar-refractivity contribution in [3.05, 3.63) is 11.1 Å². The van der Waals surface area contributed by atoms with Gasteiger partial charge in [0.25, 0.3) is 0 Å². The molecular weight excluding hydrogens is 350 g/mol. The smallest absolute Gasteiger partial charge is 0.317 e. The molecule has 0 saturated carbocycles. The van der Waals surface area contributed by atoms with Crippen LogP contribution in [-0.2, 0) is 11.3 Å². The topological polar surface area (TPSA) is 60.9 Å². The summed E-state index contributed by atoms with van der Waals surface area (Å²) >= 11 is 1.65. The van der Waals surface area contributed by atoms with Gasteiger partial charge < -0.3 is 19.9 Å². The van der Waals surface area contributed by atoms with E-state index in [1.54, 1.807) is 11.3 Å². The lowest BCUT2D eigenvalue weighted by Gasteiger charge is -2.32. The number of likely N-dealkylation sites (tertiary alicyclic amines) is 2. The molecule has 0 radical (unpaired) electrons. The summed E-state index contributed by atoms with van der Waals surface area (Å²) in [5.41, 5.74) is 0.941. The predicted octanol–water partition coefficient (Wildman–Crippen LogP) is 1.75. The van der Waals surface area contributed by atoms with Gasteiger partial charge >= 0.3 is 6.03 Å². The van der Waals surface area contributed by atoms with Crippen LogP contribution in [-0.4, -0.2) is 79.3 Å². The van der Waals surface area contributed by atoms with Crippen molar-refractivity contribution in [2.75, 3.05) is 57.4 Å². The monoisotopic (exact) mass is 379 g/mol. The minimum Gasteiger partial charge on any atom is -0.378 e. The van der Waals surface area contributed by atoms with Gasteiger partial charge in [0.2, 0.25) is 0 Å². The molecule has 1 unspecified atom stereocenters. The van der Waals surface area contributed by atoms with Crippen LogP contribution >= 0.6 is 11.3 Å². The molecule has 3 fully saturated rings. The Morgan fingerprint density at radius 3 is 2.81 bits per heavy atom. The van der Waals surface area contributed by atoms with Gasteiger partial charge in [-0.1, -0.05) is 6.42 Å². The Morgan fingerprint density at radius 1 is 1.19 bits per heavy atom. The zero-order chi connectivity index (χ0) is 17.8. The Bertz CT molecular complexity index is 598. The third kappa shape index (κ3) is 4.29. The van der Waals surface area contributed by atoms with Crippen LogP contribution in [0.1, 0.15) is 31.4 Å². The van der Waals surface area contributed by atoms with E-state index in [1.807, 2.05) is 10.3 Å². The number of thiazole rings is 1. The van der Waals surface area contributed by atoms with Crippen LogP contribution in [0.3, 0.4) is 0 Å².